The number of halogens is 2. The zero-order valence-corrected chi connectivity index (χ0v) is 12.2. The Bertz CT molecular complexity index is 748. The minimum Gasteiger partial charge on any atom is -0.488 e. The van der Waals surface area contributed by atoms with Gasteiger partial charge in [-0.15, -0.1) is 0 Å². The summed E-state index contributed by atoms with van der Waals surface area (Å²) in [6, 6.07) is 19.5. The molecule has 0 amide bonds. The average molecular weight is 303 g/mol. The van der Waals surface area contributed by atoms with Gasteiger partial charge in [0, 0.05) is 21.0 Å². The Morgan fingerprint density at radius 1 is 0.850 bits per heavy atom. The highest BCUT2D eigenvalue weighted by Crippen LogP contribution is 2.27. The summed E-state index contributed by atoms with van der Waals surface area (Å²) < 4.78 is 5.90. The quantitative estimate of drug-likeness (QED) is 0.600. The van der Waals surface area contributed by atoms with Crippen LogP contribution in [0.4, 0.5) is 0 Å². The lowest BCUT2D eigenvalue weighted by Crippen LogP contribution is -1.97. The summed E-state index contributed by atoms with van der Waals surface area (Å²) >= 11 is 12.1. The summed E-state index contributed by atoms with van der Waals surface area (Å²) in [6.45, 7) is 0.396. The smallest absolute Gasteiger partial charge is 0.127 e. The summed E-state index contributed by atoms with van der Waals surface area (Å²) in [6.07, 6.45) is 0. The van der Waals surface area contributed by atoms with Gasteiger partial charge in [-0.2, -0.15) is 0 Å². The van der Waals surface area contributed by atoms with Gasteiger partial charge < -0.3 is 4.74 Å². The normalized spacial score (nSPS) is 10.7. The van der Waals surface area contributed by atoms with Crippen LogP contribution >= 0.6 is 23.2 Å². The van der Waals surface area contributed by atoms with E-state index in [-0.39, 0.29) is 0 Å². The molecule has 0 radical (unpaired) electrons. The van der Waals surface area contributed by atoms with Crippen molar-refractivity contribution in [2.24, 2.45) is 0 Å². The van der Waals surface area contributed by atoms with Gasteiger partial charge in [0.15, 0.2) is 0 Å². The number of benzene rings is 3. The zero-order chi connectivity index (χ0) is 13.9. The van der Waals surface area contributed by atoms with Crippen LogP contribution in [0.15, 0.2) is 60.7 Å². The molecule has 0 aliphatic heterocycles. The van der Waals surface area contributed by atoms with E-state index < -0.39 is 0 Å². The van der Waals surface area contributed by atoms with E-state index in [1.807, 2.05) is 36.4 Å². The molecule has 3 heteroatoms. The van der Waals surface area contributed by atoms with Crippen molar-refractivity contribution in [1.29, 1.82) is 0 Å². The standard InChI is InChI=1S/C17H12Cl2O/c18-14-8-9-16(19)13(10-14)11-20-17-7-3-5-12-4-1-2-6-15(12)17/h1-10H,11H2. The van der Waals surface area contributed by atoms with Gasteiger partial charge in [-0.05, 0) is 29.7 Å². The van der Waals surface area contributed by atoms with Gasteiger partial charge in [-0.3, -0.25) is 0 Å². The first kappa shape index (κ1) is 13.3. The van der Waals surface area contributed by atoms with Gasteiger partial charge in [-0.25, -0.2) is 0 Å². The zero-order valence-electron chi connectivity index (χ0n) is 10.6. The van der Waals surface area contributed by atoms with Crippen LogP contribution in [-0.2, 0) is 6.61 Å². The van der Waals surface area contributed by atoms with Crippen LogP contribution in [-0.4, -0.2) is 0 Å². The Morgan fingerprint density at radius 3 is 2.55 bits per heavy atom. The molecular weight excluding hydrogens is 291 g/mol. The maximum atomic E-state index is 6.14. The van der Waals surface area contributed by atoms with E-state index in [0.717, 1.165) is 22.1 Å². The SMILES string of the molecule is Clc1ccc(Cl)c(COc2cccc3ccccc23)c1. The molecular formula is C17H12Cl2O. The summed E-state index contributed by atoms with van der Waals surface area (Å²) in [5.74, 6) is 0.846. The Hall–Kier alpha value is -1.70. The predicted molar refractivity (Wildman–Crippen MR) is 84.7 cm³/mol. The van der Waals surface area contributed by atoms with Crippen molar-refractivity contribution in [1.82, 2.24) is 0 Å². The average Bonchev–Trinajstić information content (AvgIpc) is 2.48. The van der Waals surface area contributed by atoms with E-state index in [0.29, 0.717) is 16.7 Å². The van der Waals surface area contributed by atoms with Crippen molar-refractivity contribution in [2.75, 3.05) is 0 Å². The number of hydrogen-bond acceptors (Lipinski definition) is 1. The van der Waals surface area contributed by atoms with Crippen molar-refractivity contribution in [2.45, 2.75) is 6.61 Å². The number of rotatable bonds is 3. The first-order valence-electron chi connectivity index (χ1n) is 6.28. The lowest BCUT2D eigenvalue weighted by molar-refractivity contribution is 0.310. The van der Waals surface area contributed by atoms with E-state index in [4.69, 9.17) is 27.9 Å². The third-order valence-corrected chi connectivity index (χ3v) is 3.74. The molecule has 0 atom stereocenters. The maximum Gasteiger partial charge on any atom is 0.127 e. The molecule has 100 valence electrons. The first-order valence-corrected chi connectivity index (χ1v) is 7.04. The minimum atomic E-state index is 0.396. The number of hydrogen-bond donors (Lipinski definition) is 0. The topological polar surface area (TPSA) is 9.23 Å². The summed E-state index contributed by atoms with van der Waals surface area (Å²) in [5, 5.41) is 3.57. The van der Waals surface area contributed by atoms with Crippen LogP contribution in [0, 0.1) is 0 Å². The minimum absolute atomic E-state index is 0.396. The van der Waals surface area contributed by atoms with Gasteiger partial charge in [0.25, 0.3) is 0 Å². The first-order chi connectivity index (χ1) is 9.74. The van der Waals surface area contributed by atoms with Crippen LogP contribution in [0.1, 0.15) is 5.56 Å². The summed E-state index contributed by atoms with van der Waals surface area (Å²) in [5.41, 5.74) is 0.882. The van der Waals surface area contributed by atoms with Gasteiger partial charge >= 0.3 is 0 Å². The second kappa shape index (κ2) is 5.74. The highest BCUT2D eigenvalue weighted by molar-refractivity contribution is 6.33. The molecule has 0 aliphatic carbocycles. The Kier molecular flexibility index (Phi) is 3.81. The molecule has 0 saturated carbocycles. The van der Waals surface area contributed by atoms with Gasteiger partial charge in [0.2, 0.25) is 0 Å². The van der Waals surface area contributed by atoms with Crippen LogP contribution in [0.5, 0.6) is 5.75 Å². The molecule has 0 aromatic heterocycles. The lowest BCUT2D eigenvalue weighted by Gasteiger charge is -2.10. The third kappa shape index (κ3) is 2.74. The van der Waals surface area contributed by atoms with Crippen LogP contribution in [0.3, 0.4) is 0 Å². The molecule has 20 heavy (non-hydrogen) atoms. The molecule has 3 aromatic rings. The summed E-state index contributed by atoms with van der Waals surface area (Å²) in [4.78, 5) is 0. The fourth-order valence-electron chi connectivity index (χ4n) is 2.13. The molecule has 3 rings (SSSR count). The van der Waals surface area contributed by atoms with Crippen LogP contribution in [0.2, 0.25) is 10.0 Å². The summed E-state index contributed by atoms with van der Waals surface area (Å²) in [7, 11) is 0. The molecule has 0 spiro atoms. The largest absolute Gasteiger partial charge is 0.488 e. The molecule has 0 aliphatic rings. The highest BCUT2D eigenvalue weighted by Gasteiger charge is 2.05. The molecule has 0 saturated heterocycles. The molecule has 0 heterocycles. The molecule has 1 nitrogen and oxygen atoms in total. The van der Waals surface area contributed by atoms with Crippen LogP contribution in [0.25, 0.3) is 10.8 Å². The number of ether oxygens (including phenoxy) is 1. The highest BCUT2D eigenvalue weighted by atomic mass is 35.5. The van der Waals surface area contributed by atoms with Gasteiger partial charge in [0.05, 0.1) is 0 Å². The fraction of sp³-hybridized carbons (Fsp3) is 0.0588. The van der Waals surface area contributed by atoms with Crippen LogP contribution < -0.4 is 4.74 Å². The lowest BCUT2D eigenvalue weighted by atomic mass is 10.1. The van der Waals surface area contributed by atoms with E-state index in [1.54, 1.807) is 12.1 Å². The van der Waals surface area contributed by atoms with Gasteiger partial charge in [-0.1, -0.05) is 59.6 Å². The predicted octanol–water partition coefficient (Wildman–Crippen LogP) is 5.73. The monoisotopic (exact) mass is 302 g/mol. The second-order valence-electron chi connectivity index (χ2n) is 4.50. The van der Waals surface area contributed by atoms with Gasteiger partial charge in [0.1, 0.15) is 12.4 Å². The Balaban J connectivity index is 1.89. The van der Waals surface area contributed by atoms with E-state index >= 15 is 0 Å². The third-order valence-electron chi connectivity index (χ3n) is 3.14. The van der Waals surface area contributed by atoms with Crippen molar-refractivity contribution in [3.05, 3.63) is 76.3 Å². The second-order valence-corrected chi connectivity index (χ2v) is 5.35. The molecule has 0 unspecified atom stereocenters. The molecule has 3 aromatic carbocycles. The molecule has 0 fully saturated rings. The van der Waals surface area contributed by atoms with E-state index in [2.05, 4.69) is 12.1 Å². The Labute approximate surface area is 127 Å². The maximum absolute atomic E-state index is 6.14. The molecule has 0 bridgehead atoms. The van der Waals surface area contributed by atoms with E-state index in [1.165, 1.54) is 0 Å². The molecule has 0 N–H and O–H groups in total. The fourth-order valence-corrected chi connectivity index (χ4v) is 2.50. The van der Waals surface area contributed by atoms with E-state index in [9.17, 15) is 0 Å². The van der Waals surface area contributed by atoms with Crippen molar-refractivity contribution >= 4 is 34.0 Å². The van der Waals surface area contributed by atoms with Crippen molar-refractivity contribution in [3.63, 3.8) is 0 Å². The van der Waals surface area contributed by atoms with Crippen molar-refractivity contribution in [3.8, 4) is 5.75 Å². The van der Waals surface area contributed by atoms with Crippen molar-refractivity contribution < 1.29 is 4.74 Å². The number of fused-ring (bicyclic) bond motifs is 1. The Morgan fingerprint density at radius 2 is 1.65 bits per heavy atom.